The van der Waals surface area contributed by atoms with Gasteiger partial charge in [0.1, 0.15) is 5.75 Å². The van der Waals surface area contributed by atoms with Crippen LogP contribution in [0.4, 0.5) is 5.69 Å². The molecule has 0 saturated heterocycles. The number of benzene rings is 2. The third-order valence-corrected chi connectivity index (χ3v) is 5.28. The molecule has 3 N–H and O–H groups in total. The molecule has 0 bridgehead atoms. The summed E-state index contributed by atoms with van der Waals surface area (Å²) >= 11 is 0. The molecule has 2 aromatic rings. The highest BCUT2D eigenvalue weighted by molar-refractivity contribution is 6.34. The molecule has 7 heteroatoms. The number of nitrogens with one attached hydrogen (secondary N) is 1. The largest absolute Gasteiger partial charge is 0.494 e. The third kappa shape index (κ3) is 3.73. The van der Waals surface area contributed by atoms with Crippen LogP contribution >= 0.6 is 0 Å². The predicted molar refractivity (Wildman–Crippen MR) is 108 cm³/mol. The van der Waals surface area contributed by atoms with Crippen LogP contribution in [0.2, 0.25) is 0 Å². The van der Waals surface area contributed by atoms with E-state index in [1.807, 2.05) is 6.92 Å². The van der Waals surface area contributed by atoms with Gasteiger partial charge in [-0.1, -0.05) is 0 Å². The Kier molecular flexibility index (Phi) is 5.07. The average molecular weight is 393 g/mol. The van der Waals surface area contributed by atoms with Crippen molar-refractivity contribution in [2.45, 2.75) is 25.8 Å². The van der Waals surface area contributed by atoms with E-state index in [1.54, 1.807) is 30.3 Å². The predicted octanol–water partition coefficient (Wildman–Crippen LogP) is 2.35. The average Bonchev–Trinajstić information content (AvgIpc) is 3.55. The number of carbonyl (C=O) groups is 3. The van der Waals surface area contributed by atoms with Gasteiger partial charge in [0.2, 0.25) is 0 Å². The second-order valence-electron chi connectivity index (χ2n) is 7.34. The summed E-state index contributed by atoms with van der Waals surface area (Å²) in [6.45, 7) is 2.81. The number of hydrogen-bond acceptors (Lipinski definition) is 5. The van der Waals surface area contributed by atoms with E-state index in [2.05, 4.69) is 5.32 Å². The van der Waals surface area contributed by atoms with E-state index in [0.29, 0.717) is 36.1 Å². The van der Waals surface area contributed by atoms with Crippen molar-refractivity contribution in [2.24, 2.45) is 11.7 Å². The summed E-state index contributed by atoms with van der Waals surface area (Å²) < 4.78 is 5.40. The zero-order valence-electron chi connectivity index (χ0n) is 16.2. The van der Waals surface area contributed by atoms with Crippen molar-refractivity contribution in [1.29, 1.82) is 0 Å². The van der Waals surface area contributed by atoms with Crippen LogP contribution in [0.25, 0.3) is 0 Å². The Morgan fingerprint density at radius 2 is 1.83 bits per heavy atom. The van der Waals surface area contributed by atoms with Gasteiger partial charge in [-0.3, -0.25) is 14.4 Å². The number of nitrogens with two attached hydrogens (primary N) is 1. The number of hydrogen-bond donors (Lipinski definition) is 2. The monoisotopic (exact) mass is 393 g/mol. The molecule has 1 atom stereocenters. The van der Waals surface area contributed by atoms with Crippen LogP contribution in [-0.4, -0.2) is 36.9 Å². The Morgan fingerprint density at radius 3 is 2.48 bits per heavy atom. The smallest absolute Gasteiger partial charge is 0.266 e. The Labute approximate surface area is 168 Å². The van der Waals surface area contributed by atoms with Gasteiger partial charge in [0.15, 0.2) is 0 Å². The summed E-state index contributed by atoms with van der Waals surface area (Å²) in [5.41, 5.74) is 7.32. The van der Waals surface area contributed by atoms with Crippen molar-refractivity contribution in [3.05, 3.63) is 59.2 Å². The molecule has 3 amide bonds. The minimum atomic E-state index is -0.446. The first-order valence-corrected chi connectivity index (χ1v) is 9.79. The number of rotatable bonds is 7. The Morgan fingerprint density at radius 1 is 1.14 bits per heavy atom. The van der Waals surface area contributed by atoms with Crippen molar-refractivity contribution in [2.75, 3.05) is 18.1 Å². The standard InChI is InChI=1S/C22H23N3O4/c1-2-29-16-8-6-15(7-9-16)25-21(27)17-10-5-14(11-18(17)22(25)28)20(26)24-12-19(23)13-3-4-13/h5-11,13,19H,2-4,12,23H2,1H3,(H,24,26). The number of imide groups is 1. The van der Waals surface area contributed by atoms with Gasteiger partial charge < -0.3 is 15.8 Å². The quantitative estimate of drug-likeness (QED) is 0.703. The summed E-state index contributed by atoms with van der Waals surface area (Å²) in [7, 11) is 0. The number of amides is 3. The second-order valence-corrected chi connectivity index (χ2v) is 7.34. The number of carbonyl (C=O) groups excluding carboxylic acids is 3. The van der Waals surface area contributed by atoms with Gasteiger partial charge in [-0.05, 0) is 68.1 Å². The maximum Gasteiger partial charge on any atom is 0.266 e. The van der Waals surface area contributed by atoms with Gasteiger partial charge in [0, 0.05) is 18.2 Å². The van der Waals surface area contributed by atoms with Crippen LogP contribution in [0.3, 0.4) is 0 Å². The molecule has 1 heterocycles. The maximum atomic E-state index is 12.9. The lowest BCUT2D eigenvalue weighted by Crippen LogP contribution is -2.38. The number of fused-ring (bicyclic) bond motifs is 1. The van der Waals surface area contributed by atoms with Crippen LogP contribution in [0.1, 0.15) is 50.8 Å². The lowest BCUT2D eigenvalue weighted by Gasteiger charge is -2.14. The minimum absolute atomic E-state index is 0.0493. The van der Waals surface area contributed by atoms with E-state index in [4.69, 9.17) is 10.5 Å². The van der Waals surface area contributed by atoms with Crippen molar-refractivity contribution in [3.63, 3.8) is 0 Å². The van der Waals surface area contributed by atoms with E-state index >= 15 is 0 Å². The molecule has 1 aliphatic heterocycles. The summed E-state index contributed by atoms with van der Waals surface area (Å²) in [5.74, 6) is -0.00699. The fourth-order valence-electron chi connectivity index (χ4n) is 3.48. The van der Waals surface area contributed by atoms with Crippen molar-refractivity contribution >= 4 is 23.4 Å². The Bertz CT molecular complexity index is 967. The number of ether oxygens (including phenoxy) is 1. The van der Waals surface area contributed by atoms with Gasteiger partial charge in [-0.2, -0.15) is 0 Å². The van der Waals surface area contributed by atoms with E-state index in [1.165, 1.54) is 12.1 Å². The zero-order chi connectivity index (χ0) is 20.5. The Balaban J connectivity index is 1.51. The highest BCUT2D eigenvalue weighted by Gasteiger charge is 2.37. The first-order chi connectivity index (χ1) is 14.0. The van der Waals surface area contributed by atoms with Crippen molar-refractivity contribution < 1.29 is 19.1 Å². The lowest BCUT2D eigenvalue weighted by molar-refractivity contribution is 0.0923. The molecule has 1 unspecified atom stereocenters. The van der Waals surface area contributed by atoms with Gasteiger partial charge in [-0.25, -0.2) is 4.90 Å². The van der Waals surface area contributed by atoms with Crippen molar-refractivity contribution in [3.8, 4) is 5.75 Å². The highest BCUT2D eigenvalue weighted by Crippen LogP contribution is 2.32. The molecule has 2 aliphatic rings. The maximum absolute atomic E-state index is 12.9. The molecule has 29 heavy (non-hydrogen) atoms. The highest BCUT2D eigenvalue weighted by atomic mass is 16.5. The zero-order valence-corrected chi connectivity index (χ0v) is 16.2. The molecule has 1 saturated carbocycles. The van der Waals surface area contributed by atoms with E-state index in [9.17, 15) is 14.4 Å². The van der Waals surface area contributed by atoms with E-state index in [-0.39, 0.29) is 23.1 Å². The number of nitrogens with zero attached hydrogens (tertiary/aromatic N) is 1. The number of anilines is 1. The fourth-order valence-corrected chi connectivity index (χ4v) is 3.48. The van der Waals surface area contributed by atoms with Gasteiger partial charge in [-0.15, -0.1) is 0 Å². The molecule has 1 fully saturated rings. The third-order valence-electron chi connectivity index (χ3n) is 5.28. The first kappa shape index (κ1) is 19.1. The van der Waals surface area contributed by atoms with E-state index < -0.39 is 11.8 Å². The van der Waals surface area contributed by atoms with Crippen LogP contribution in [0.5, 0.6) is 5.75 Å². The van der Waals surface area contributed by atoms with Crippen molar-refractivity contribution in [1.82, 2.24) is 5.32 Å². The molecule has 2 aromatic carbocycles. The Hall–Kier alpha value is -3.19. The molecule has 150 valence electrons. The van der Waals surface area contributed by atoms with Crippen LogP contribution < -0.4 is 20.7 Å². The fraction of sp³-hybridized carbons (Fsp3) is 0.318. The minimum Gasteiger partial charge on any atom is -0.494 e. The lowest BCUT2D eigenvalue weighted by atomic mass is 10.1. The SMILES string of the molecule is CCOc1ccc(N2C(=O)c3ccc(C(=O)NCC(N)C4CC4)cc3C2=O)cc1. The van der Waals surface area contributed by atoms with Gasteiger partial charge in [0.05, 0.1) is 23.4 Å². The van der Waals surface area contributed by atoms with Crippen LogP contribution in [0, 0.1) is 5.92 Å². The molecule has 7 nitrogen and oxygen atoms in total. The molecule has 0 spiro atoms. The van der Waals surface area contributed by atoms with Gasteiger partial charge >= 0.3 is 0 Å². The summed E-state index contributed by atoms with van der Waals surface area (Å²) in [6.07, 6.45) is 2.21. The molecular weight excluding hydrogens is 370 g/mol. The summed E-state index contributed by atoms with van der Waals surface area (Å²) in [5, 5.41) is 2.81. The molecule has 0 aromatic heterocycles. The molecule has 1 aliphatic carbocycles. The second kappa shape index (κ2) is 7.67. The van der Waals surface area contributed by atoms with E-state index in [0.717, 1.165) is 17.7 Å². The normalized spacial score (nSPS) is 16.6. The van der Waals surface area contributed by atoms with Crippen LogP contribution in [0.15, 0.2) is 42.5 Å². The summed E-state index contributed by atoms with van der Waals surface area (Å²) in [6, 6.07) is 11.3. The first-order valence-electron chi connectivity index (χ1n) is 9.79. The molecular formula is C22H23N3O4. The molecule has 4 rings (SSSR count). The van der Waals surface area contributed by atoms with Crippen LogP contribution in [-0.2, 0) is 0 Å². The topological polar surface area (TPSA) is 102 Å². The molecule has 0 radical (unpaired) electrons. The summed E-state index contributed by atoms with van der Waals surface area (Å²) in [4.78, 5) is 39.2. The van der Waals surface area contributed by atoms with Gasteiger partial charge in [0.25, 0.3) is 17.7 Å².